The van der Waals surface area contributed by atoms with E-state index in [1.807, 2.05) is 20.8 Å². The smallest absolute Gasteiger partial charge is 0.162 e. The molecule has 456 valence electrons. The largest absolute Gasteiger partial charge is 0.393 e. The molecule has 80 heavy (non-hydrogen) atoms. The lowest BCUT2D eigenvalue weighted by molar-refractivity contribution is -0.146. The summed E-state index contributed by atoms with van der Waals surface area (Å²) in [6.45, 7) is 32.1. The molecule has 0 aromatic rings. The van der Waals surface area contributed by atoms with Crippen molar-refractivity contribution in [1.29, 1.82) is 0 Å². The van der Waals surface area contributed by atoms with Gasteiger partial charge in [0.15, 0.2) is 5.78 Å². The van der Waals surface area contributed by atoms with Crippen LogP contribution in [0.2, 0.25) is 0 Å². The van der Waals surface area contributed by atoms with Crippen LogP contribution in [0, 0.1) is 121 Å². The lowest BCUT2D eigenvalue weighted by atomic mass is 9.44. The number of ketones is 3. The highest BCUT2D eigenvalue weighted by molar-refractivity contribution is 5.83. The van der Waals surface area contributed by atoms with E-state index in [4.69, 9.17) is 14.2 Å². The molecular formula is C73H122O7. The molecule has 0 heterocycles. The average molecular weight is 1110 g/mol. The molecule has 12 aliphatic rings. The average Bonchev–Trinajstić information content (AvgIpc) is 4.27. The van der Waals surface area contributed by atoms with Gasteiger partial charge in [0.2, 0.25) is 0 Å². The minimum Gasteiger partial charge on any atom is -0.393 e. The Balaban J connectivity index is 0.000000135. The van der Waals surface area contributed by atoms with Crippen LogP contribution in [0.15, 0.2) is 0 Å². The van der Waals surface area contributed by atoms with Crippen molar-refractivity contribution in [3.05, 3.63) is 0 Å². The van der Waals surface area contributed by atoms with Crippen LogP contribution >= 0.6 is 0 Å². The zero-order valence-corrected chi connectivity index (χ0v) is 54.0. The number of fused-ring (bicyclic) bond motifs is 15. The van der Waals surface area contributed by atoms with Crippen molar-refractivity contribution in [3.8, 4) is 0 Å². The van der Waals surface area contributed by atoms with Crippen molar-refractivity contribution < 1.29 is 33.7 Å². The van der Waals surface area contributed by atoms with E-state index >= 15 is 0 Å². The van der Waals surface area contributed by atoms with E-state index in [0.29, 0.717) is 99.1 Å². The van der Waals surface area contributed by atoms with Gasteiger partial charge < -0.3 is 19.3 Å². The molecule has 0 aromatic carbocycles. The standard InChI is InChI=1S/C25H42O2.C24H40O3.C24H40O2/c1-6-23(26)22-10-9-20-19-8-7-17-15-18(27-16(2)3)11-13-24(17,4)21(19)12-14-25(20,22)5;1-15(2)27-14-22(26)21-8-7-19-18-6-5-16-13-17(25)9-11-23(16,3)20(18)10-12-24(19,21)4;1-15(2)26-18-10-12-23(4)17(14-18)6-7-19-21-9-8-20(16(3)25)24(21,5)13-11-22(19)23/h16-22H,6-15H2,1-5H3;15-21,25H,5-14H2,1-4H3;15,17-22H,6-14H2,1-5H3/t17-,18+,19-,20-,21-,22+,24-,25-;16-,17+,18-,19-,20-,21+,23-,24-;17-,18+,19+,20-,21+,22+,23+,24-/m001/s1. The summed E-state index contributed by atoms with van der Waals surface area (Å²) in [7, 11) is 0. The van der Waals surface area contributed by atoms with Crippen LogP contribution in [-0.2, 0) is 28.6 Å². The maximum atomic E-state index is 12.9. The Labute approximate surface area is 490 Å². The molecule has 7 heteroatoms. The van der Waals surface area contributed by atoms with Gasteiger partial charge in [0.1, 0.15) is 18.2 Å². The molecule has 7 nitrogen and oxygen atoms in total. The Morgan fingerprint density at radius 1 is 0.412 bits per heavy atom. The fourth-order valence-electron chi connectivity index (χ4n) is 25.0. The van der Waals surface area contributed by atoms with Crippen LogP contribution < -0.4 is 0 Å². The van der Waals surface area contributed by atoms with E-state index < -0.39 is 0 Å². The van der Waals surface area contributed by atoms with Crippen molar-refractivity contribution in [2.24, 2.45) is 121 Å². The summed E-state index contributed by atoms with van der Waals surface area (Å²) in [6.07, 6.45) is 36.8. The molecule has 0 saturated heterocycles. The Kier molecular flexibility index (Phi) is 18.5. The number of rotatable bonds is 11. The number of Topliss-reactive ketones (excluding diaryl/α,β-unsaturated/α-hetero) is 3. The molecule has 12 rings (SSSR count). The molecule has 12 saturated carbocycles. The van der Waals surface area contributed by atoms with Gasteiger partial charge in [-0.25, -0.2) is 0 Å². The zero-order chi connectivity index (χ0) is 57.5. The number of carbonyl (C=O) groups is 3. The van der Waals surface area contributed by atoms with Gasteiger partial charge in [-0.3, -0.25) is 14.4 Å². The van der Waals surface area contributed by atoms with Crippen molar-refractivity contribution in [1.82, 2.24) is 0 Å². The maximum Gasteiger partial charge on any atom is 0.162 e. The molecule has 0 bridgehead atoms. The van der Waals surface area contributed by atoms with Crippen LogP contribution in [0.1, 0.15) is 277 Å². The minimum atomic E-state index is -0.0667. The SMILES string of the molecule is CC(=O)[C@H]1CC[C@H]2[C@@H]3CC[C@@H]4C[C@@H](OC(C)C)CC[C@]4(C)[C@H]3CC[C@]12C.CC(C)OCC(=O)[C@H]1CC[C@H]2[C@@H]3CC[C@H]4C[C@H](O)CC[C@]4(C)[C@H]3CC[C@]12C.CCC(=O)[C@H]1CC[C@H]2[C@@H]3CC[C@H]4C[C@H](OC(C)C)CC[C@]4(C)[C@H]3CC[C@]12C. The van der Waals surface area contributed by atoms with E-state index in [2.05, 4.69) is 76.2 Å². The molecule has 0 spiro atoms. The zero-order valence-electron chi connectivity index (χ0n) is 54.0. The number of ether oxygens (including phenoxy) is 3. The van der Waals surface area contributed by atoms with Crippen LogP contribution in [0.3, 0.4) is 0 Å². The molecule has 1 N–H and O–H groups in total. The highest BCUT2D eigenvalue weighted by Crippen LogP contribution is 2.71. The van der Waals surface area contributed by atoms with Crippen molar-refractivity contribution >= 4 is 17.3 Å². The van der Waals surface area contributed by atoms with Gasteiger partial charge in [-0.05, 0) is 325 Å². The Hall–Kier alpha value is -1.15. The second kappa shape index (κ2) is 23.8. The fourth-order valence-corrected chi connectivity index (χ4v) is 25.0. The molecule has 0 unspecified atom stereocenters. The van der Waals surface area contributed by atoms with Gasteiger partial charge in [-0.1, -0.05) is 48.5 Å². The van der Waals surface area contributed by atoms with E-state index in [9.17, 15) is 19.5 Å². The quantitative estimate of drug-likeness (QED) is 0.220. The first-order valence-electron chi connectivity index (χ1n) is 35.0. The fraction of sp³-hybridized carbons (Fsp3) is 0.959. The molecule has 0 radical (unpaired) electrons. The summed E-state index contributed by atoms with van der Waals surface area (Å²) < 4.78 is 18.1. The first-order valence-corrected chi connectivity index (χ1v) is 35.0. The normalized spacial score (nSPS) is 49.9. The van der Waals surface area contributed by atoms with Gasteiger partial charge in [0.05, 0.1) is 36.6 Å². The maximum absolute atomic E-state index is 12.9. The number of hydrogen-bond acceptors (Lipinski definition) is 7. The monoisotopic (exact) mass is 1110 g/mol. The summed E-state index contributed by atoms with van der Waals surface area (Å²) in [5.74, 6) is 12.2. The number of aliphatic hydroxyl groups is 1. The predicted octanol–water partition coefficient (Wildman–Crippen LogP) is 17.4. The summed E-state index contributed by atoms with van der Waals surface area (Å²) in [6, 6.07) is 0. The molecule has 0 aromatic heterocycles. The van der Waals surface area contributed by atoms with Gasteiger partial charge >= 0.3 is 0 Å². The van der Waals surface area contributed by atoms with E-state index in [1.165, 1.54) is 148 Å². The van der Waals surface area contributed by atoms with Gasteiger partial charge in [-0.2, -0.15) is 0 Å². The lowest BCUT2D eigenvalue weighted by Crippen LogP contribution is -2.54. The van der Waals surface area contributed by atoms with Crippen LogP contribution in [0.5, 0.6) is 0 Å². The summed E-state index contributed by atoms with van der Waals surface area (Å²) >= 11 is 0. The van der Waals surface area contributed by atoms with Crippen LogP contribution in [0.4, 0.5) is 0 Å². The molecule has 12 fully saturated rings. The summed E-state index contributed by atoms with van der Waals surface area (Å²) in [5, 5.41) is 10.2. The predicted molar refractivity (Wildman–Crippen MR) is 324 cm³/mol. The Morgan fingerprint density at radius 2 is 0.762 bits per heavy atom. The number of carbonyl (C=O) groups excluding carboxylic acids is 3. The third-order valence-corrected chi connectivity index (χ3v) is 29.0. The summed E-state index contributed by atoms with van der Waals surface area (Å²) in [4.78, 5) is 37.8. The lowest BCUT2D eigenvalue weighted by Gasteiger charge is -2.61. The van der Waals surface area contributed by atoms with Gasteiger partial charge in [-0.15, -0.1) is 0 Å². The highest BCUT2D eigenvalue weighted by atomic mass is 16.5. The van der Waals surface area contributed by atoms with Crippen molar-refractivity contribution in [3.63, 3.8) is 0 Å². The van der Waals surface area contributed by atoms with Crippen molar-refractivity contribution in [2.75, 3.05) is 6.61 Å². The highest BCUT2D eigenvalue weighted by Gasteiger charge is 2.64. The molecule has 0 amide bonds. The third-order valence-electron chi connectivity index (χ3n) is 29.0. The molecule has 0 aliphatic heterocycles. The molecular weight excluding hydrogens is 989 g/mol. The van der Waals surface area contributed by atoms with Crippen molar-refractivity contribution in [2.45, 2.75) is 313 Å². The number of hydrogen-bond donors (Lipinski definition) is 1. The van der Waals surface area contributed by atoms with E-state index in [1.54, 1.807) is 0 Å². The Bertz CT molecular complexity index is 2170. The van der Waals surface area contributed by atoms with Gasteiger partial charge in [0.25, 0.3) is 0 Å². The topological polar surface area (TPSA) is 99.1 Å². The third kappa shape index (κ3) is 11.1. The minimum absolute atomic E-state index is 0.0667. The van der Waals surface area contributed by atoms with Crippen LogP contribution in [0.25, 0.3) is 0 Å². The van der Waals surface area contributed by atoms with E-state index in [0.717, 1.165) is 91.3 Å². The second-order valence-corrected chi connectivity index (χ2v) is 33.3. The molecule has 12 aliphatic carbocycles. The van der Waals surface area contributed by atoms with Gasteiger partial charge in [0, 0.05) is 24.2 Å². The number of aliphatic hydroxyl groups excluding tert-OH is 1. The van der Waals surface area contributed by atoms with Crippen LogP contribution in [-0.4, -0.2) is 65.7 Å². The first kappa shape index (κ1) is 61.9. The first-order chi connectivity index (χ1) is 37.8. The summed E-state index contributed by atoms with van der Waals surface area (Å²) in [5.41, 5.74) is 2.26. The van der Waals surface area contributed by atoms with E-state index in [-0.39, 0.29) is 23.5 Å². The molecule has 24 atom stereocenters. The second-order valence-electron chi connectivity index (χ2n) is 33.3. The Morgan fingerprint density at radius 3 is 1.15 bits per heavy atom.